The summed E-state index contributed by atoms with van der Waals surface area (Å²) >= 11 is 0. The van der Waals surface area contributed by atoms with Crippen molar-refractivity contribution in [3.8, 4) is 5.75 Å². The Bertz CT molecular complexity index is 867. The molecule has 2 aliphatic carbocycles. The van der Waals surface area contributed by atoms with Crippen LogP contribution in [0.2, 0.25) is 0 Å². The normalized spacial score (nSPS) is 33.7. The summed E-state index contributed by atoms with van der Waals surface area (Å²) in [7, 11) is -2.19. The number of nitrogens with zero attached hydrogens (tertiary/aromatic N) is 1. The van der Waals surface area contributed by atoms with Crippen LogP contribution in [0.25, 0.3) is 0 Å². The first-order chi connectivity index (χ1) is 12.7. The first-order valence-corrected chi connectivity index (χ1v) is 10.9. The molecule has 4 rings (SSSR count). The van der Waals surface area contributed by atoms with E-state index in [1.807, 2.05) is 5.48 Å². The van der Waals surface area contributed by atoms with Crippen LogP contribution in [0.4, 0.5) is 0 Å². The Kier molecular flexibility index (Phi) is 4.11. The van der Waals surface area contributed by atoms with Gasteiger partial charge in [0, 0.05) is 5.41 Å². The van der Waals surface area contributed by atoms with Crippen LogP contribution >= 0.6 is 0 Å². The highest BCUT2D eigenvalue weighted by molar-refractivity contribution is 7.90. The van der Waals surface area contributed by atoms with Gasteiger partial charge in [-0.05, 0) is 48.3 Å². The van der Waals surface area contributed by atoms with Gasteiger partial charge >= 0.3 is 0 Å². The van der Waals surface area contributed by atoms with Crippen molar-refractivity contribution in [1.82, 2.24) is 9.79 Å². The molecule has 1 heterocycles. The van der Waals surface area contributed by atoms with E-state index in [2.05, 4.69) is 13.8 Å². The fourth-order valence-electron chi connectivity index (χ4n) is 5.77. The average Bonchev–Trinajstić information content (AvgIpc) is 3.10. The van der Waals surface area contributed by atoms with Crippen LogP contribution in [-0.4, -0.2) is 42.7 Å². The summed E-state index contributed by atoms with van der Waals surface area (Å²) < 4.78 is 32.2. The summed E-state index contributed by atoms with van der Waals surface area (Å²) in [4.78, 5) is 13.3. The predicted octanol–water partition coefficient (Wildman–Crippen LogP) is 2.08. The van der Waals surface area contributed by atoms with Crippen molar-refractivity contribution < 1.29 is 23.2 Å². The van der Waals surface area contributed by atoms with Gasteiger partial charge < -0.3 is 9.94 Å². The number of hydrogen-bond acceptors (Lipinski definition) is 6. The number of hydroxylamine groups is 1. The lowest BCUT2D eigenvalue weighted by Crippen LogP contribution is -2.47. The van der Waals surface area contributed by atoms with E-state index in [1.165, 1.54) is 7.11 Å². The quantitative estimate of drug-likeness (QED) is 0.759. The second-order valence-corrected chi connectivity index (χ2v) is 10.4. The molecule has 148 valence electrons. The zero-order valence-corrected chi connectivity index (χ0v) is 16.6. The fourth-order valence-corrected chi connectivity index (χ4v) is 8.33. The first kappa shape index (κ1) is 18.7. The number of carbonyl (C=O) groups excluding carboxylic acids is 1. The molecule has 2 saturated carbocycles. The highest BCUT2D eigenvalue weighted by atomic mass is 32.2. The molecular formula is C19H26N2O5S. The molecule has 3 aliphatic rings. The zero-order chi connectivity index (χ0) is 19.6. The predicted molar refractivity (Wildman–Crippen MR) is 98.6 cm³/mol. The van der Waals surface area contributed by atoms with Crippen LogP contribution in [0.1, 0.15) is 44.7 Å². The second kappa shape index (κ2) is 5.93. The number of nitrogens with one attached hydrogen (secondary N) is 1. The van der Waals surface area contributed by atoms with Crippen molar-refractivity contribution in [3.05, 3.63) is 29.8 Å². The van der Waals surface area contributed by atoms with Gasteiger partial charge in [0.25, 0.3) is 5.91 Å². The summed E-state index contributed by atoms with van der Waals surface area (Å²) in [6.07, 6.45) is 2.55. The molecule has 0 unspecified atom stereocenters. The highest BCUT2D eigenvalue weighted by Crippen LogP contribution is 2.70. The lowest BCUT2D eigenvalue weighted by atomic mass is 9.69. The molecule has 1 spiro atoms. The van der Waals surface area contributed by atoms with Gasteiger partial charge in [0.1, 0.15) is 11.8 Å². The number of amides is 1. The SMILES string of the molecule is COc1ccc([C@H](NO)C(=O)N2[C@H]3C[C@@H]4CC[C@@]3(CS2(=O)=O)C4(C)C)cc1. The Labute approximate surface area is 159 Å². The summed E-state index contributed by atoms with van der Waals surface area (Å²) in [6.45, 7) is 4.28. The average molecular weight is 394 g/mol. The second-order valence-electron chi connectivity index (χ2n) is 8.59. The standard InChI is InChI=1S/C19H26N2O5S/c1-18(2)13-8-9-19(18)11-27(24,25)21(15(19)10-13)17(22)16(20-23)12-4-6-14(26-3)7-5-12/h4-7,13,15-16,20,23H,8-11H2,1-3H3/t13-,15-,16-,19-/m0/s1. The molecule has 0 radical (unpaired) electrons. The van der Waals surface area contributed by atoms with E-state index >= 15 is 0 Å². The van der Waals surface area contributed by atoms with Gasteiger partial charge in [-0.3, -0.25) is 4.79 Å². The number of fused-ring (bicyclic) bond motifs is 1. The van der Waals surface area contributed by atoms with Gasteiger partial charge in [0.2, 0.25) is 10.0 Å². The highest BCUT2D eigenvalue weighted by Gasteiger charge is 2.72. The van der Waals surface area contributed by atoms with Gasteiger partial charge in [-0.2, -0.15) is 5.48 Å². The van der Waals surface area contributed by atoms with E-state index in [1.54, 1.807) is 24.3 Å². The maximum Gasteiger partial charge on any atom is 0.260 e. The van der Waals surface area contributed by atoms with Crippen molar-refractivity contribution in [1.29, 1.82) is 0 Å². The van der Waals surface area contributed by atoms with Crippen LogP contribution in [-0.2, 0) is 14.8 Å². The first-order valence-electron chi connectivity index (χ1n) is 9.27. The topological polar surface area (TPSA) is 95.9 Å². The lowest BCUT2D eigenvalue weighted by Gasteiger charge is -2.37. The number of hydrogen-bond donors (Lipinski definition) is 2. The number of ether oxygens (including phenoxy) is 1. The van der Waals surface area contributed by atoms with Gasteiger partial charge in [-0.25, -0.2) is 12.7 Å². The molecule has 2 bridgehead atoms. The zero-order valence-electron chi connectivity index (χ0n) is 15.8. The van der Waals surface area contributed by atoms with E-state index in [4.69, 9.17) is 4.74 Å². The van der Waals surface area contributed by atoms with Crippen LogP contribution in [0.3, 0.4) is 0 Å². The summed E-state index contributed by atoms with van der Waals surface area (Å²) in [5.74, 6) is 0.439. The van der Waals surface area contributed by atoms with Crippen LogP contribution in [0.5, 0.6) is 5.75 Å². The number of sulfonamides is 1. The molecular weight excluding hydrogens is 368 g/mol. The minimum atomic E-state index is -3.73. The fraction of sp³-hybridized carbons (Fsp3) is 0.632. The smallest absolute Gasteiger partial charge is 0.260 e. The molecule has 1 saturated heterocycles. The minimum absolute atomic E-state index is 0.0146. The molecule has 3 fully saturated rings. The third kappa shape index (κ3) is 2.39. The Morgan fingerprint density at radius 3 is 2.56 bits per heavy atom. The molecule has 1 aromatic carbocycles. The van der Waals surface area contributed by atoms with Crippen LogP contribution in [0, 0.1) is 16.7 Å². The Balaban J connectivity index is 1.70. The summed E-state index contributed by atoms with van der Waals surface area (Å²) in [5, 5.41) is 9.66. The van der Waals surface area contributed by atoms with E-state index in [0.717, 1.165) is 17.1 Å². The minimum Gasteiger partial charge on any atom is -0.497 e. The van der Waals surface area contributed by atoms with Crippen molar-refractivity contribution in [2.45, 2.75) is 45.2 Å². The molecule has 4 atom stereocenters. The lowest BCUT2D eigenvalue weighted by molar-refractivity contribution is -0.134. The van der Waals surface area contributed by atoms with Crippen LogP contribution < -0.4 is 10.2 Å². The largest absolute Gasteiger partial charge is 0.497 e. The Morgan fingerprint density at radius 1 is 1.33 bits per heavy atom. The maximum absolute atomic E-state index is 13.3. The number of methoxy groups -OCH3 is 1. The number of rotatable bonds is 4. The van der Waals surface area contributed by atoms with Gasteiger partial charge in [-0.15, -0.1) is 0 Å². The number of benzene rings is 1. The van der Waals surface area contributed by atoms with Crippen molar-refractivity contribution >= 4 is 15.9 Å². The summed E-state index contributed by atoms with van der Waals surface area (Å²) in [5.41, 5.74) is 2.01. The molecule has 7 nitrogen and oxygen atoms in total. The van der Waals surface area contributed by atoms with E-state index < -0.39 is 22.0 Å². The monoisotopic (exact) mass is 394 g/mol. The molecule has 1 aliphatic heterocycles. The maximum atomic E-state index is 13.3. The third-order valence-electron chi connectivity index (χ3n) is 7.45. The van der Waals surface area contributed by atoms with E-state index in [-0.39, 0.29) is 22.6 Å². The molecule has 0 aromatic heterocycles. The van der Waals surface area contributed by atoms with Gasteiger partial charge in [-0.1, -0.05) is 26.0 Å². The van der Waals surface area contributed by atoms with Gasteiger partial charge in [0.15, 0.2) is 0 Å². The molecule has 1 amide bonds. The van der Waals surface area contributed by atoms with E-state index in [9.17, 15) is 18.4 Å². The third-order valence-corrected chi connectivity index (χ3v) is 9.37. The Hall–Kier alpha value is -1.64. The molecule has 8 heteroatoms. The van der Waals surface area contributed by atoms with Crippen LogP contribution in [0.15, 0.2) is 24.3 Å². The van der Waals surface area contributed by atoms with Crippen molar-refractivity contribution in [2.75, 3.05) is 12.9 Å². The van der Waals surface area contributed by atoms with Crippen molar-refractivity contribution in [3.63, 3.8) is 0 Å². The summed E-state index contributed by atoms with van der Waals surface area (Å²) in [6, 6.07) is 5.18. The Morgan fingerprint density at radius 2 is 2.00 bits per heavy atom. The number of carbonyl (C=O) groups is 1. The van der Waals surface area contributed by atoms with Gasteiger partial charge in [0.05, 0.1) is 18.9 Å². The van der Waals surface area contributed by atoms with E-state index in [0.29, 0.717) is 23.7 Å². The molecule has 27 heavy (non-hydrogen) atoms. The van der Waals surface area contributed by atoms with Crippen molar-refractivity contribution in [2.24, 2.45) is 16.7 Å². The molecule has 2 N–H and O–H groups in total. The molecule has 1 aromatic rings.